The number of halogens is 1. The van der Waals surface area contributed by atoms with Gasteiger partial charge in [-0.25, -0.2) is 0 Å². The van der Waals surface area contributed by atoms with Crippen LogP contribution in [0.3, 0.4) is 0 Å². The summed E-state index contributed by atoms with van der Waals surface area (Å²) in [5, 5.41) is 8.00. The van der Waals surface area contributed by atoms with Crippen LogP contribution in [0.5, 0.6) is 0 Å². The highest BCUT2D eigenvalue weighted by Crippen LogP contribution is 2.31. The van der Waals surface area contributed by atoms with Crippen LogP contribution in [0.15, 0.2) is 4.60 Å². The van der Waals surface area contributed by atoms with Gasteiger partial charge in [0.2, 0.25) is 0 Å². The molecular weight excluding hydrogens is 258 g/mol. The SMILES string of the molecule is Brc1c2c(nn1C1CCNCC1)COC2. The van der Waals surface area contributed by atoms with Gasteiger partial charge in [-0.15, -0.1) is 0 Å². The lowest BCUT2D eigenvalue weighted by Crippen LogP contribution is -2.30. The number of hydrogen-bond donors (Lipinski definition) is 1. The van der Waals surface area contributed by atoms with Crippen molar-refractivity contribution in [3.63, 3.8) is 0 Å². The standard InChI is InChI=1S/C10H14BrN3O/c11-10-8-5-15-6-9(8)13-14(10)7-1-3-12-4-2-7/h7,12H,1-6H2. The van der Waals surface area contributed by atoms with Gasteiger partial charge in [-0.3, -0.25) is 4.68 Å². The quantitative estimate of drug-likeness (QED) is 0.844. The zero-order valence-corrected chi connectivity index (χ0v) is 10.1. The van der Waals surface area contributed by atoms with Crippen molar-refractivity contribution in [2.45, 2.75) is 32.1 Å². The lowest BCUT2D eigenvalue weighted by Gasteiger charge is -2.23. The maximum absolute atomic E-state index is 5.36. The smallest absolute Gasteiger partial charge is 0.110 e. The van der Waals surface area contributed by atoms with Crippen LogP contribution in [-0.2, 0) is 18.0 Å². The number of ether oxygens (including phenoxy) is 1. The van der Waals surface area contributed by atoms with Crippen molar-refractivity contribution in [3.8, 4) is 0 Å². The van der Waals surface area contributed by atoms with Crippen LogP contribution in [0.2, 0.25) is 0 Å². The minimum Gasteiger partial charge on any atom is -0.370 e. The van der Waals surface area contributed by atoms with Crippen LogP contribution in [0.1, 0.15) is 30.1 Å². The van der Waals surface area contributed by atoms with E-state index in [1.54, 1.807) is 0 Å². The Labute approximate surface area is 97.1 Å². The molecule has 0 spiro atoms. The number of hydrogen-bond acceptors (Lipinski definition) is 3. The number of rotatable bonds is 1. The fourth-order valence-electron chi connectivity index (χ4n) is 2.29. The number of fused-ring (bicyclic) bond motifs is 1. The van der Waals surface area contributed by atoms with Crippen molar-refractivity contribution < 1.29 is 4.74 Å². The van der Waals surface area contributed by atoms with E-state index in [1.807, 2.05) is 0 Å². The second kappa shape index (κ2) is 3.88. The Morgan fingerprint density at radius 3 is 2.87 bits per heavy atom. The van der Waals surface area contributed by atoms with Gasteiger partial charge < -0.3 is 10.1 Å². The Morgan fingerprint density at radius 2 is 2.13 bits per heavy atom. The molecule has 0 atom stereocenters. The highest BCUT2D eigenvalue weighted by molar-refractivity contribution is 9.10. The van der Waals surface area contributed by atoms with Crippen molar-refractivity contribution >= 4 is 15.9 Å². The van der Waals surface area contributed by atoms with Crippen molar-refractivity contribution in [1.29, 1.82) is 0 Å². The Morgan fingerprint density at radius 1 is 1.33 bits per heavy atom. The van der Waals surface area contributed by atoms with Gasteiger partial charge in [0, 0.05) is 5.56 Å². The summed E-state index contributed by atoms with van der Waals surface area (Å²) in [4.78, 5) is 0. The first kappa shape index (κ1) is 9.81. The van der Waals surface area contributed by atoms with Crippen LogP contribution in [0, 0.1) is 0 Å². The molecule has 0 saturated carbocycles. The maximum Gasteiger partial charge on any atom is 0.110 e. The third-order valence-corrected chi connectivity index (χ3v) is 4.01. The predicted octanol–water partition coefficient (Wildman–Crippen LogP) is 1.60. The molecule has 2 aliphatic heterocycles. The maximum atomic E-state index is 5.36. The normalized spacial score (nSPS) is 21.9. The van der Waals surface area contributed by atoms with Crippen LogP contribution >= 0.6 is 15.9 Å². The van der Waals surface area contributed by atoms with E-state index >= 15 is 0 Å². The van der Waals surface area contributed by atoms with E-state index in [-0.39, 0.29) is 0 Å². The van der Waals surface area contributed by atoms with Gasteiger partial charge in [0.25, 0.3) is 0 Å². The zero-order valence-electron chi connectivity index (χ0n) is 8.50. The second-order valence-electron chi connectivity index (χ2n) is 4.13. The third-order valence-electron chi connectivity index (χ3n) is 3.17. The predicted molar refractivity (Wildman–Crippen MR) is 59.6 cm³/mol. The molecule has 0 amide bonds. The van der Waals surface area contributed by atoms with E-state index in [1.165, 1.54) is 18.4 Å². The van der Waals surface area contributed by atoms with Crippen molar-refractivity contribution in [1.82, 2.24) is 15.1 Å². The highest BCUT2D eigenvalue weighted by Gasteiger charge is 2.25. The molecule has 3 rings (SSSR count). The first-order chi connectivity index (χ1) is 7.36. The molecule has 1 N–H and O–H groups in total. The number of nitrogens with zero attached hydrogens (tertiary/aromatic N) is 2. The monoisotopic (exact) mass is 271 g/mol. The molecule has 0 aromatic carbocycles. The van der Waals surface area contributed by atoms with Crippen molar-refractivity contribution in [2.24, 2.45) is 0 Å². The summed E-state index contributed by atoms with van der Waals surface area (Å²) in [6, 6.07) is 0.547. The molecule has 0 radical (unpaired) electrons. The molecule has 82 valence electrons. The van der Waals surface area contributed by atoms with E-state index in [0.717, 1.165) is 23.4 Å². The van der Waals surface area contributed by atoms with E-state index in [2.05, 4.69) is 31.0 Å². The molecule has 1 aromatic rings. The lowest BCUT2D eigenvalue weighted by atomic mass is 10.1. The molecule has 1 aromatic heterocycles. The Bertz CT molecular complexity index is 371. The molecule has 1 fully saturated rings. The highest BCUT2D eigenvalue weighted by atomic mass is 79.9. The number of piperidine rings is 1. The number of aromatic nitrogens is 2. The first-order valence-corrected chi connectivity index (χ1v) is 6.20. The molecule has 5 heteroatoms. The Hall–Kier alpha value is -0.390. The average Bonchev–Trinajstić information content (AvgIpc) is 2.83. The third kappa shape index (κ3) is 1.62. The fourth-order valence-corrected chi connectivity index (χ4v) is 3.01. The zero-order chi connectivity index (χ0) is 10.3. The van der Waals surface area contributed by atoms with Gasteiger partial charge in [0.1, 0.15) is 4.60 Å². The molecule has 4 nitrogen and oxygen atoms in total. The molecule has 0 unspecified atom stereocenters. The van der Waals surface area contributed by atoms with E-state index in [0.29, 0.717) is 19.3 Å². The Kier molecular flexibility index (Phi) is 2.54. The molecule has 3 heterocycles. The molecule has 0 bridgehead atoms. The molecular formula is C10H14BrN3O. The summed E-state index contributed by atoms with van der Waals surface area (Å²) < 4.78 is 8.63. The number of nitrogens with one attached hydrogen (secondary N) is 1. The summed E-state index contributed by atoms with van der Waals surface area (Å²) in [6.07, 6.45) is 2.33. The van der Waals surface area contributed by atoms with Gasteiger partial charge in [0.15, 0.2) is 0 Å². The average molecular weight is 272 g/mol. The fraction of sp³-hybridized carbons (Fsp3) is 0.700. The van der Waals surface area contributed by atoms with Gasteiger partial charge >= 0.3 is 0 Å². The van der Waals surface area contributed by atoms with Gasteiger partial charge in [0.05, 0.1) is 24.9 Å². The molecule has 0 aliphatic carbocycles. The van der Waals surface area contributed by atoms with Gasteiger partial charge in [-0.1, -0.05) is 0 Å². The summed E-state index contributed by atoms with van der Waals surface area (Å²) in [5.41, 5.74) is 2.36. The topological polar surface area (TPSA) is 39.1 Å². The van der Waals surface area contributed by atoms with Crippen LogP contribution in [0.25, 0.3) is 0 Å². The second-order valence-corrected chi connectivity index (χ2v) is 4.89. The molecule has 2 aliphatic rings. The van der Waals surface area contributed by atoms with E-state index < -0.39 is 0 Å². The largest absolute Gasteiger partial charge is 0.370 e. The van der Waals surface area contributed by atoms with Gasteiger partial charge in [-0.05, 0) is 41.9 Å². The Balaban J connectivity index is 1.91. The minimum absolute atomic E-state index is 0.547. The molecule has 15 heavy (non-hydrogen) atoms. The van der Waals surface area contributed by atoms with Gasteiger partial charge in [-0.2, -0.15) is 5.10 Å². The first-order valence-electron chi connectivity index (χ1n) is 5.40. The summed E-state index contributed by atoms with van der Waals surface area (Å²) in [5.74, 6) is 0. The summed E-state index contributed by atoms with van der Waals surface area (Å²) >= 11 is 3.64. The van der Waals surface area contributed by atoms with E-state index in [9.17, 15) is 0 Å². The lowest BCUT2D eigenvalue weighted by molar-refractivity contribution is 0.129. The van der Waals surface area contributed by atoms with Crippen LogP contribution in [0.4, 0.5) is 0 Å². The summed E-state index contributed by atoms with van der Waals surface area (Å²) in [6.45, 7) is 3.57. The minimum atomic E-state index is 0.547. The van der Waals surface area contributed by atoms with E-state index in [4.69, 9.17) is 4.74 Å². The van der Waals surface area contributed by atoms with Crippen molar-refractivity contribution in [2.75, 3.05) is 13.1 Å². The van der Waals surface area contributed by atoms with Crippen LogP contribution in [-0.4, -0.2) is 22.9 Å². The van der Waals surface area contributed by atoms with Crippen molar-refractivity contribution in [3.05, 3.63) is 15.9 Å². The van der Waals surface area contributed by atoms with Crippen LogP contribution < -0.4 is 5.32 Å². The summed E-state index contributed by atoms with van der Waals surface area (Å²) in [7, 11) is 0. The molecule has 1 saturated heterocycles.